The molecule has 0 bridgehead atoms. The molecule has 1 aromatic heterocycles. The van der Waals surface area contributed by atoms with Gasteiger partial charge in [-0.25, -0.2) is 0 Å². The maximum Gasteiger partial charge on any atom is 0.323 e. The van der Waals surface area contributed by atoms with Gasteiger partial charge >= 0.3 is 5.97 Å². The Kier molecular flexibility index (Phi) is 4.49. The number of rotatable bonds is 5. The summed E-state index contributed by atoms with van der Waals surface area (Å²) in [5.74, 6) is 1.13. The van der Waals surface area contributed by atoms with Crippen LogP contribution in [0.5, 0.6) is 11.5 Å². The summed E-state index contributed by atoms with van der Waals surface area (Å²) in [5.41, 5.74) is 10.1. The lowest BCUT2D eigenvalue weighted by Crippen LogP contribution is -2.34. The predicted molar refractivity (Wildman–Crippen MR) is 89.7 cm³/mol. The molecule has 0 spiro atoms. The molecule has 1 aliphatic rings. The summed E-state index contributed by atoms with van der Waals surface area (Å²) in [7, 11) is 0. The second-order valence-corrected chi connectivity index (χ2v) is 5.83. The van der Waals surface area contributed by atoms with Gasteiger partial charge in [0.2, 0.25) is 6.79 Å². The van der Waals surface area contributed by atoms with E-state index in [9.17, 15) is 4.79 Å². The smallest absolute Gasteiger partial charge is 0.323 e. The van der Waals surface area contributed by atoms with Crippen LogP contribution in [0, 0.1) is 13.8 Å². The quantitative estimate of drug-likeness (QED) is 0.851. The molecule has 6 heteroatoms. The largest absolute Gasteiger partial charge is 0.465 e. The van der Waals surface area contributed by atoms with Crippen LogP contribution in [-0.2, 0) is 16.0 Å². The lowest BCUT2D eigenvalue weighted by Gasteiger charge is -2.12. The Morgan fingerprint density at radius 3 is 2.79 bits per heavy atom. The van der Waals surface area contributed by atoms with Gasteiger partial charge in [-0.15, -0.1) is 0 Å². The predicted octanol–water partition coefficient (Wildman–Crippen LogP) is 2.26. The fourth-order valence-electron chi connectivity index (χ4n) is 3.03. The van der Waals surface area contributed by atoms with Crippen molar-refractivity contribution in [3.8, 4) is 17.2 Å². The van der Waals surface area contributed by atoms with Crippen LogP contribution in [0.25, 0.3) is 5.69 Å². The molecule has 24 heavy (non-hydrogen) atoms. The van der Waals surface area contributed by atoms with Crippen molar-refractivity contribution in [3.05, 3.63) is 41.2 Å². The minimum atomic E-state index is -0.657. The Morgan fingerprint density at radius 2 is 2.04 bits per heavy atom. The average Bonchev–Trinajstić information content (AvgIpc) is 3.11. The maximum atomic E-state index is 11.8. The first kappa shape index (κ1) is 16.4. The van der Waals surface area contributed by atoms with E-state index in [1.165, 1.54) is 0 Å². The van der Waals surface area contributed by atoms with Gasteiger partial charge in [-0.1, -0.05) is 0 Å². The summed E-state index contributed by atoms with van der Waals surface area (Å²) in [6.45, 7) is 6.41. The van der Waals surface area contributed by atoms with Crippen molar-refractivity contribution >= 4 is 5.97 Å². The van der Waals surface area contributed by atoms with Gasteiger partial charge in [-0.3, -0.25) is 4.79 Å². The van der Waals surface area contributed by atoms with Crippen LogP contribution in [0.2, 0.25) is 0 Å². The summed E-state index contributed by atoms with van der Waals surface area (Å²) in [5, 5.41) is 0. The van der Waals surface area contributed by atoms with E-state index in [0.717, 1.165) is 34.1 Å². The minimum absolute atomic E-state index is 0.252. The first-order valence-corrected chi connectivity index (χ1v) is 8.01. The highest BCUT2D eigenvalue weighted by Gasteiger charge is 2.20. The molecule has 0 fully saturated rings. The molecule has 1 aromatic carbocycles. The Morgan fingerprint density at radius 1 is 1.29 bits per heavy atom. The van der Waals surface area contributed by atoms with Crippen LogP contribution in [0.3, 0.4) is 0 Å². The van der Waals surface area contributed by atoms with Crippen LogP contribution >= 0.6 is 0 Å². The number of ether oxygens (including phenoxy) is 3. The van der Waals surface area contributed by atoms with Gasteiger partial charge in [0.1, 0.15) is 6.04 Å². The van der Waals surface area contributed by atoms with Gasteiger partial charge in [0.15, 0.2) is 11.5 Å². The number of nitrogens with zero attached hydrogens (tertiary/aromatic N) is 1. The van der Waals surface area contributed by atoms with Crippen molar-refractivity contribution in [3.63, 3.8) is 0 Å². The number of benzene rings is 1. The molecule has 0 saturated carbocycles. The van der Waals surface area contributed by atoms with Crippen LogP contribution in [0.4, 0.5) is 0 Å². The third-order valence-electron chi connectivity index (χ3n) is 4.18. The molecule has 0 aliphatic carbocycles. The van der Waals surface area contributed by atoms with Crippen LogP contribution in [0.15, 0.2) is 24.3 Å². The fourth-order valence-corrected chi connectivity index (χ4v) is 3.03. The van der Waals surface area contributed by atoms with E-state index in [2.05, 4.69) is 10.6 Å². The molecule has 1 aliphatic heterocycles. The molecule has 1 atom stereocenters. The number of aromatic nitrogens is 1. The third-order valence-corrected chi connectivity index (χ3v) is 4.18. The van der Waals surface area contributed by atoms with Crippen LogP contribution < -0.4 is 15.2 Å². The Balaban J connectivity index is 1.88. The number of carbonyl (C=O) groups is 1. The van der Waals surface area contributed by atoms with Gasteiger partial charge in [0.05, 0.1) is 6.61 Å². The van der Waals surface area contributed by atoms with Gasteiger partial charge in [0, 0.05) is 29.6 Å². The lowest BCUT2D eigenvalue weighted by molar-refractivity contribution is -0.144. The van der Waals surface area contributed by atoms with Crippen molar-refractivity contribution < 1.29 is 19.0 Å². The van der Waals surface area contributed by atoms with E-state index in [1.807, 2.05) is 32.0 Å². The van der Waals surface area contributed by atoms with Crippen molar-refractivity contribution in [1.82, 2.24) is 4.57 Å². The van der Waals surface area contributed by atoms with Gasteiger partial charge < -0.3 is 24.5 Å². The molecular weight excluding hydrogens is 308 g/mol. The van der Waals surface area contributed by atoms with Crippen molar-refractivity contribution in [2.45, 2.75) is 33.2 Å². The molecule has 0 amide bonds. The highest BCUT2D eigenvalue weighted by molar-refractivity contribution is 5.76. The van der Waals surface area contributed by atoms with Crippen molar-refractivity contribution in [1.29, 1.82) is 0 Å². The highest BCUT2D eigenvalue weighted by atomic mass is 16.7. The second kappa shape index (κ2) is 6.57. The molecule has 0 radical (unpaired) electrons. The summed E-state index contributed by atoms with van der Waals surface area (Å²) < 4.78 is 17.9. The summed E-state index contributed by atoms with van der Waals surface area (Å²) >= 11 is 0. The Bertz CT molecular complexity index is 767. The Hall–Kier alpha value is -2.47. The third kappa shape index (κ3) is 2.97. The second-order valence-electron chi connectivity index (χ2n) is 5.83. The highest BCUT2D eigenvalue weighted by Crippen LogP contribution is 2.34. The normalized spacial score (nSPS) is 13.8. The summed E-state index contributed by atoms with van der Waals surface area (Å²) in [4.78, 5) is 11.8. The number of hydrogen-bond donors (Lipinski definition) is 1. The number of nitrogens with two attached hydrogens (primary N) is 1. The average molecular weight is 330 g/mol. The number of carbonyl (C=O) groups excluding carboxylic acids is 1. The van der Waals surface area contributed by atoms with Crippen molar-refractivity contribution in [2.24, 2.45) is 5.73 Å². The molecular formula is C18H22N2O4. The summed E-state index contributed by atoms with van der Waals surface area (Å²) in [6.07, 6.45) is 0.447. The number of fused-ring (bicyclic) bond motifs is 1. The molecule has 6 nitrogen and oxygen atoms in total. The molecule has 0 saturated heterocycles. The lowest BCUT2D eigenvalue weighted by atomic mass is 10.1. The molecule has 3 rings (SSSR count). The van der Waals surface area contributed by atoms with Crippen molar-refractivity contribution in [2.75, 3.05) is 13.4 Å². The van der Waals surface area contributed by atoms with E-state index in [1.54, 1.807) is 6.92 Å². The van der Waals surface area contributed by atoms with E-state index < -0.39 is 6.04 Å². The number of esters is 1. The zero-order valence-corrected chi connectivity index (χ0v) is 14.2. The molecule has 2 aromatic rings. The first-order valence-electron chi connectivity index (χ1n) is 8.01. The topological polar surface area (TPSA) is 75.7 Å². The van der Waals surface area contributed by atoms with E-state index in [4.69, 9.17) is 19.9 Å². The summed E-state index contributed by atoms with van der Waals surface area (Å²) in [6, 6.07) is 7.25. The standard InChI is InChI=1S/C18H22N2O4/c1-4-22-18(21)15(19)8-13-7-11(2)20(12(13)3)14-5-6-16-17(9-14)24-10-23-16/h5-7,9,15H,4,8,10,19H2,1-3H3. The number of aryl methyl sites for hydroxylation is 1. The SMILES string of the molecule is CCOC(=O)C(N)Cc1cc(C)n(-c2ccc3c(c2)OCO3)c1C. The molecule has 1 unspecified atom stereocenters. The molecule has 2 N–H and O–H groups in total. The van der Waals surface area contributed by atoms with Gasteiger partial charge in [0.25, 0.3) is 0 Å². The number of hydrogen-bond acceptors (Lipinski definition) is 5. The first-order chi connectivity index (χ1) is 11.5. The van der Waals surface area contributed by atoms with E-state index in [-0.39, 0.29) is 12.8 Å². The zero-order valence-electron chi connectivity index (χ0n) is 14.2. The fraction of sp³-hybridized carbons (Fsp3) is 0.389. The van der Waals surface area contributed by atoms with Gasteiger partial charge in [-0.2, -0.15) is 0 Å². The van der Waals surface area contributed by atoms with E-state index in [0.29, 0.717) is 13.0 Å². The van der Waals surface area contributed by atoms with Gasteiger partial charge in [-0.05, 0) is 44.5 Å². The molecule has 128 valence electrons. The monoisotopic (exact) mass is 330 g/mol. The van der Waals surface area contributed by atoms with E-state index >= 15 is 0 Å². The van der Waals surface area contributed by atoms with Crippen LogP contribution in [0.1, 0.15) is 23.9 Å². The zero-order chi connectivity index (χ0) is 17.3. The molecule has 2 heterocycles. The Labute approximate surface area is 141 Å². The maximum absolute atomic E-state index is 11.8. The van der Waals surface area contributed by atoms with Crippen LogP contribution in [-0.4, -0.2) is 30.0 Å². The minimum Gasteiger partial charge on any atom is -0.465 e.